The van der Waals surface area contributed by atoms with Crippen LogP contribution in [0.3, 0.4) is 0 Å². The van der Waals surface area contributed by atoms with Gasteiger partial charge in [0.25, 0.3) is 5.91 Å². The van der Waals surface area contributed by atoms with Gasteiger partial charge >= 0.3 is 0 Å². The maximum absolute atomic E-state index is 12.2. The van der Waals surface area contributed by atoms with Gasteiger partial charge in [-0.2, -0.15) is 0 Å². The number of amides is 1. The molecule has 0 bridgehead atoms. The average molecular weight is 357 g/mol. The molecule has 3 rings (SSSR count). The number of fused-ring (bicyclic) bond motifs is 1. The third-order valence-electron chi connectivity index (χ3n) is 4.21. The first-order valence-electron chi connectivity index (χ1n) is 7.84. The summed E-state index contributed by atoms with van der Waals surface area (Å²) < 4.78 is 5.61. The number of ether oxygens (including phenoxy) is 1. The summed E-state index contributed by atoms with van der Waals surface area (Å²) in [6, 6.07) is 5.44. The van der Waals surface area contributed by atoms with Crippen molar-refractivity contribution in [3.05, 3.63) is 34.4 Å². The molecule has 23 heavy (non-hydrogen) atoms. The van der Waals surface area contributed by atoms with Crippen molar-refractivity contribution in [2.75, 3.05) is 26.2 Å². The number of carbonyl (C=O) groups is 1. The summed E-state index contributed by atoms with van der Waals surface area (Å²) in [6.07, 6.45) is 5.37. The predicted octanol–water partition coefficient (Wildman–Crippen LogP) is 3.04. The monoisotopic (exact) mass is 356 g/mol. The lowest BCUT2D eigenvalue weighted by Gasteiger charge is -2.23. The van der Waals surface area contributed by atoms with E-state index in [0.717, 1.165) is 30.8 Å². The van der Waals surface area contributed by atoms with Crippen LogP contribution in [0.2, 0.25) is 5.02 Å². The number of halogens is 2. The van der Waals surface area contributed by atoms with Gasteiger partial charge in [-0.25, -0.2) is 0 Å². The van der Waals surface area contributed by atoms with Crippen molar-refractivity contribution < 1.29 is 9.53 Å². The van der Waals surface area contributed by atoms with Gasteiger partial charge in [-0.15, -0.1) is 12.4 Å². The molecule has 6 heteroatoms. The lowest BCUT2D eigenvalue weighted by molar-refractivity contribution is -0.117. The average Bonchev–Trinajstić information content (AvgIpc) is 2.55. The van der Waals surface area contributed by atoms with Gasteiger partial charge in [0.15, 0.2) is 0 Å². The molecular weight excluding hydrogens is 335 g/mol. The van der Waals surface area contributed by atoms with Crippen molar-refractivity contribution in [1.82, 2.24) is 10.6 Å². The standard InChI is InChI=1S/C17H21ClN2O2.ClH/c18-15-3-4-16-13(9-15)8-14(11-22-16)17(21)20-7-5-12-2-1-6-19-10-12;/h3-4,8-9,12,19H,1-2,5-7,10-11H2,(H,20,21);1H. The van der Waals surface area contributed by atoms with Gasteiger partial charge in [-0.1, -0.05) is 11.6 Å². The van der Waals surface area contributed by atoms with E-state index in [-0.39, 0.29) is 18.3 Å². The zero-order chi connectivity index (χ0) is 15.4. The summed E-state index contributed by atoms with van der Waals surface area (Å²) in [5.74, 6) is 1.40. The second kappa shape index (κ2) is 8.57. The molecule has 0 aliphatic carbocycles. The molecule has 1 aromatic rings. The molecule has 0 saturated carbocycles. The van der Waals surface area contributed by atoms with Crippen LogP contribution in [0.25, 0.3) is 6.08 Å². The normalized spacial score (nSPS) is 19.7. The zero-order valence-electron chi connectivity index (χ0n) is 12.9. The Labute approximate surface area is 148 Å². The van der Waals surface area contributed by atoms with Gasteiger partial charge in [-0.05, 0) is 62.5 Å². The Hall–Kier alpha value is -1.23. The molecule has 2 N–H and O–H groups in total. The molecule has 2 aliphatic rings. The third kappa shape index (κ3) is 4.87. The minimum absolute atomic E-state index is 0. The molecule has 1 aromatic carbocycles. The van der Waals surface area contributed by atoms with Crippen molar-refractivity contribution >= 4 is 36.0 Å². The molecule has 0 radical (unpaired) electrons. The van der Waals surface area contributed by atoms with Crippen LogP contribution in [0.15, 0.2) is 23.8 Å². The summed E-state index contributed by atoms with van der Waals surface area (Å²) >= 11 is 5.98. The number of piperidine rings is 1. The first-order chi connectivity index (χ1) is 10.7. The minimum Gasteiger partial charge on any atom is -0.488 e. The molecule has 4 nitrogen and oxygen atoms in total. The van der Waals surface area contributed by atoms with E-state index >= 15 is 0 Å². The maximum atomic E-state index is 12.2. The second-order valence-electron chi connectivity index (χ2n) is 5.90. The summed E-state index contributed by atoms with van der Waals surface area (Å²) in [4.78, 5) is 12.2. The van der Waals surface area contributed by atoms with E-state index in [1.165, 1.54) is 12.8 Å². The SMILES string of the molecule is Cl.O=C(NCCC1CCCNC1)C1=Cc2cc(Cl)ccc2OC1. The van der Waals surface area contributed by atoms with Gasteiger partial charge in [0.1, 0.15) is 12.4 Å². The molecule has 1 atom stereocenters. The quantitative estimate of drug-likeness (QED) is 0.871. The zero-order valence-corrected chi connectivity index (χ0v) is 14.5. The highest BCUT2D eigenvalue weighted by Gasteiger charge is 2.18. The first-order valence-corrected chi connectivity index (χ1v) is 8.22. The fraction of sp³-hybridized carbons (Fsp3) is 0.471. The number of hydrogen-bond donors (Lipinski definition) is 2. The fourth-order valence-corrected chi connectivity index (χ4v) is 3.13. The number of nitrogens with one attached hydrogen (secondary N) is 2. The number of benzene rings is 1. The van der Waals surface area contributed by atoms with E-state index in [4.69, 9.17) is 16.3 Å². The molecule has 126 valence electrons. The molecule has 1 fully saturated rings. The van der Waals surface area contributed by atoms with E-state index < -0.39 is 0 Å². The summed E-state index contributed by atoms with van der Waals surface area (Å²) in [5, 5.41) is 7.04. The van der Waals surface area contributed by atoms with Crippen molar-refractivity contribution in [3.8, 4) is 5.75 Å². The van der Waals surface area contributed by atoms with E-state index in [0.29, 0.717) is 29.7 Å². The number of hydrogen-bond acceptors (Lipinski definition) is 3. The molecule has 0 aromatic heterocycles. The Balaban J connectivity index is 0.00000192. The van der Waals surface area contributed by atoms with Gasteiger partial charge < -0.3 is 15.4 Å². The van der Waals surface area contributed by atoms with E-state index in [1.807, 2.05) is 18.2 Å². The highest BCUT2D eigenvalue weighted by Crippen LogP contribution is 2.28. The minimum atomic E-state index is -0.0469. The summed E-state index contributed by atoms with van der Waals surface area (Å²) in [7, 11) is 0. The topological polar surface area (TPSA) is 50.4 Å². The van der Waals surface area contributed by atoms with Crippen LogP contribution in [0, 0.1) is 5.92 Å². The Kier molecular flexibility index (Phi) is 6.75. The summed E-state index contributed by atoms with van der Waals surface area (Å²) in [5.41, 5.74) is 1.51. The Bertz CT molecular complexity index is 584. The molecule has 1 unspecified atom stereocenters. The van der Waals surface area contributed by atoms with Crippen LogP contribution < -0.4 is 15.4 Å². The molecule has 0 spiro atoms. The van der Waals surface area contributed by atoms with Crippen molar-refractivity contribution in [2.45, 2.75) is 19.3 Å². The summed E-state index contributed by atoms with van der Waals surface area (Å²) in [6.45, 7) is 3.21. The van der Waals surface area contributed by atoms with Gasteiger partial charge in [0, 0.05) is 17.1 Å². The first kappa shape index (κ1) is 18.1. The molecular formula is C17H22Cl2N2O2. The fourth-order valence-electron chi connectivity index (χ4n) is 2.95. The van der Waals surface area contributed by atoms with Crippen LogP contribution in [-0.4, -0.2) is 32.1 Å². The lowest BCUT2D eigenvalue weighted by atomic mass is 9.96. The largest absolute Gasteiger partial charge is 0.488 e. The van der Waals surface area contributed by atoms with E-state index in [2.05, 4.69) is 10.6 Å². The molecule has 1 amide bonds. The van der Waals surface area contributed by atoms with Crippen LogP contribution in [0.1, 0.15) is 24.8 Å². The Morgan fingerprint density at radius 1 is 1.43 bits per heavy atom. The van der Waals surface area contributed by atoms with Gasteiger partial charge in [-0.3, -0.25) is 4.79 Å². The Morgan fingerprint density at radius 2 is 2.30 bits per heavy atom. The van der Waals surface area contributed by atoms with Crippen LogP contribution in [0.4, 0.5) is 0 Å². The van der Waals surface area contributed by atoms with Gasteiger partial charge in [0.2, 0.25) is 0 Å². The van der Waals surface area contributed by atoms with Crippen LogP contribution >= 0.6 is 24.0 Å². The second-order valence-corrected chi connectivity index (χ2v) is 6.33. The highest BCUT2D eigenvalue weighted by molar-refractivity contribution is 6.30. The molecule has 2 aliphatic heterocycles. The van der Waals surface area contributed by atoms with Crippen molar-refractivity contribution in [1.29, 1.82) is 0 Å². The smallest absolute Gasteiger partial charge is 0.250 e. The highest BCUT2D eigenvalue weighted by atomic mass is 35.5. The maximum Gasteiger partial charge on any atom is 0.250 e. The molecule has 1 saturated heterocycles. The van der Waals surface area contributed by atoms with Crippen LogP contribution in [-0.2, 0) is 4.79 Å². The van der Waals surface area contributed by atoms with E-state index in [9.17, 15) is 4.79 Å². The van der Waals surface area contributed by atoms with Crippen LogP contribution in [0.5, 0.6) is 5.75 Å². The number of rotatable bonds is 4. The van der Waals surface area contributed by atoms with Crippen molar-refractivity contribution in [2.24, 2.45) is 5.92 Å². The Morgan fingerprint density at radius 3 is 3.09 bits per heavy atom. The van der Waals surface area contributed by atoms with Crippen molar-refractivity contribution in [3.63, 3.8) is 0 Å². The predicted molar refractivity (Wildman–Crippen MR) is 95.4 cm³/mol. The lowest BCUT2D eigenvalue weighted by Crippen LogP contribution is -2.34. The van der Waals surface area contributed by atoms with Gasteiger partial charge in [0.05, 0.1) is 5.57 Å². The number of carbonyl (C=O) groups excluding carboxylic acids is 1. The molecule has 2 heterocycles. The van der Waals surface area contributed by atoms with E-state index in [1.54, 1.807) is 6.07 Å². The third-order valence-corrected chi connectivity index (χ3v) is 4.45.